The van der Waals surface area contributed by atoms with Crippen LogP contribution in [0.3, 0.4) is 0 Å². The van der Waals surface area contributed by atoms with Crippen molar-refractivity contribution >= 4 is 5.97 Å². The second-order valence-electron chi connectivity index (χ2n) is 8.27. The Labute approximate surface area is 167 Å². The highest BCUT2D eigenvalue weighted by atomic mass is 16.5. The fraction of sp³-hybridized carbons (Fsp3) is 0.591. The SMILES string of the molecule is CC(C)CCN(C)Cc1cn(C2CCCCC2OC(=O)c2ccccc2)nn1. The highest BCUT2D eigenvalue weighted by Crippen LogP contribution is 2.31. The second-order valence-corrected chi connectivity index (χ2v) is 8.27. The molecule has 0 N–H and O–H groups in total. The van der Waals surface area contributed by atoms with Crippen molar-refractivity contribution in [1.82, 2.24) is 19.9 Å². The normalized spacial score (nSPS) is 19.9. The summed E-state index contributed by atoms with van der Waals surface area (Å²) in [6.45, 7) is 6.31. The molecular weight excluding hydrogens is 352 g/mol. The number of esters is 1. The molecule has 6 heteroatoms. The first-order chi connectivity index (χ1) is 13.5. The Morgan fingerprint density at radius 2 is 2.00 bits per heavy atom. The number of hydrogen-bond donors (Lipinski definition) is 0. The van der Waals surface area contributed by atoms with Crippen LogP contribution in [0.25, 0.3) is 0 Å². The first kappa shape index (κ1) is 20.5. The van der Waals surface area contributed by atoms with Crippen molar-refractivity contribution in [2.24, 2.45) is 5.92 Å². The van der Waals surface area contributed by atoms with E-state index in [1.807, 2.05) is 29.1 Å². The van der Waals surface area contributed by atoms with Crippen LogP contribution < -0.4 is 0 Å². The van der Waals surface area contributed by atoms with Gasteiger partial charge in [-0.15, -0.1) is 5.10 Å². The molecule has 1 aliphatic carbocycles. The molecule has 152 valence electrons. The smallest absolute Gasteiger partial charge is 0.338 e. The fourth-order valence-corrected chi connectivity index (χ4v) is 3.68. The van der Waals surface area contributed by atoms with Gasteiger partial charge in [0.1, 0.15) is 6.10 Å². The molecule has 0 aliphatic heterocycles. The van der Waals surface area contributed by atoms with Crippen molar-refractivity contribution in [2.75, 3.05) is 13.6 Å². The molecule has 28 heavy (non-hydrogen) atoms. The van der Waals surface area contributed by atoms with E-state index in [4.69, 9.17) is 4.74 Å². The molecule has 0 radical (unpaired) electrons. The molecule has 0 saturated heterocycles. The highest BCUT2D eigenvalue weighted by Gasteiger charge is 2.31. The Morgan fingerprint density at radius 3 is 2.75 bits per heavy atom. The Bertz CT molecular complexity index is 744. The summed E-state index contributed by atoms with van der Waals surface area (Å²) in [5.41, 5.74) is 1.56. The van der Waals surface area contributed by atoms with Crippen LogP contribution in [0.15, 0.2) is 36.5 Å². The van der Waals surface area contributed by atoms with Crippen molar-refractivity contribution in [3.05, 3.63) is 47.8 Å². The number of ether oxygens (including phenoxy) is 1. The van der Waals surface area contributed by atoms with Crippen LogP contribution >= 0.6 is 0 Å². The standard InChI is InChI=1S/C22H32N4O2/c1-17(2)13-14-25(3)15-19-16-26(24-23-19)20-11-7-8-12-21(20)28-22(27)18-9-5-4-6-10-18/h4-6,9-10,16-17,20-21H,7-8,11-15H2,1-3H3. The van der Waals surface area contributed by atoms with Gasteiger partial charge in [-0.2, -0.15) is 0 Å². The summed E-state index contributed by atoms with van der Waals surface area (Å²) < 4.78 is 7.77. The fourth-order valence-electron chi connectivity index (χ4n) is 3.68. The van der Waals surface area contributed by atoms with Crippen molar-refractivity contribution in [3.8, 4) is 0 Å². The van der Waals surface area contributed by atoms with Crippen LogP contribution in [0.2, 0.25) is 0 Å². The number of hydrogen-bond acceptors (Lipinski definition) is 5. The molecule has 1 aromatic carbocycles. The topological polar surface area (TPSA) is 60.2 Å². The minimum Gasteiger partial charge on any atom is -0.456 e. The molecule has 1 saturated carbocycles. The molecule has 1 aromatic heterocycles. The molecule has 0 spiro atoms. The molecular formula is C22H32N4O2. The average molecular weight is 385 g/mol. The Morgan fingerprint density at radius 1 is 1.25 bits per heavy atom. The maximum absolute atomic E-state index is 12.5. The third-order valence-electron chi connectivity index (χ3n) is 5.35. The van der Waals surface area contributed by atoms with Gasteiger partial charge in [-0.25, -0.2) is 9.48 Å². The average Bonchev–Trinajstić information content (AvgIpc) is 3.15. The lowest BCUT2D eigenvalue weighted by atomic mass is 9.92. The van der Waals surface area contributed by atoms with Gasteiger partial charge < -0.3 is 9.64 Å². The Hall–Kier alpha value is -2.21. The molecule has 1 aliphatic rings. The third kappa shape index (κ3) is 5.64. The summed E-state index contributed by atoms with van der Waals surface area (Å²) >= 11 is 0. The van der Waals surface area contributed by atoms with Crippen LogP contribution in [0.1, 0.15) is 68.0 Å². The second kappa shape index (κ2) is 9.82. The molecule has 1 heterocycles. The predicted molar refractivity (Wildman–Crippen MR) is 109 cm³/mol. The van der Waals surface area contributed by atoms with Crippen molar-refractivity contribution in [2.45, 2.75) is 64.6 Å². The number of nitrogens with zero attached hydrogens (tertiary/aromatic N) is 4. The van der Waals surface area contributed by atoms with Gasteiger partial charge in [-0.1, -0.05) is 43.7 Å². The van der Waals surface area contributed by atoms with Gasteiger partial charge in [-0.3, -0.25) is 0 Å². The van der Waals surface area contributed by atoms with Crippen LogP contribution in [0, 0.1) is 5.92 Å². The van der Waals surface area contributed by atoms with E-state index in [0.29, 0.717) is 11.5 Å². The van der Waals surface area contributed by atoms with E-state index in [1.165, 1.54) is 6.42 Å². The summed E-state index contributed by atoms with van der Waals surface area (Å²) in [6, 6.07) is 9.25. The minimum atomic E-state index is -0.258. The van der Waals surface area contributed by atoms with E-state index < -0.39 is 0 Å². The van der Waals surface area contributed by atoms with Gasteiger partial charge >= 0.3 is 5.97 Å². The van der Waals surface area contributed by atoms with Crippen LogP contribution in [-0.4, -0.2) is 45.6 Å². The molecule has 0 bridgehead atoms. The zero-order valence-corrected chi connectivity index (χ0v) is 17.3. The van der Waals surface area contributed by atoms with E-state index in [2.05, 4.69) is 36.1 Å². The monoisotopic (exact) mass is 384 g/mol. The van der Waals surface area contributed by atoms with Gasteiger partial charge in [0.15, 0.2) is 0 Å². The number of carbonyl (C=O) groups excluding carboxylic acids is 1. The van der Waals surface area contributed by atoms with Crippen molar-refractivity contribution < 1.29 is 9.53 Å². The molecule has 1 fully saturated rings. The highest BCUT2D eigenvalue weighted by molar-refractivity contribution is 5.89. The first-order valence-corrected chi connectivity index (χ1v) is 10.4. The lowest BCUT2D eigenvalue weighted by Crippen LogP contribution is -2.32. The lowest BCUT2D eigenvalue weighted by Gasteiger charge is -2.30. The molecule has 2 aromatic rings. The molecule has 3 rings (SSSR count). The van der Waals surface area contributed by atoms with Gasteiger partial charge in [0.2, 0.25) is 0 Å². The van der Waals surface area contributed by atoms with Crippen LogP contribution in [-0.2, 0) is 11.3 Å². The maximum atomic E-state index is 12.5. The molecule has 6 nitrogen and oxygen atoms in total. The van der Waals surface area contributed by atoms with E-state index >= 15 is 0 Å². The maximum Gasteiger partial charge on any atom is 0.338 e. The van der Waals surface area contributed by atoms with E-state index in [9.17, 15) is 4.79 Å². The lowest BCUT2D eigenvalue weighted by molar-refractivity contribution is 0.00176. The predicted octanol–water partition coefficient (Wildman–Crippen LogP) is 4.10. The third-order valence-corrected chi connectivity index (χ3v) is 5.35. The first-order valence-electron chi connectivity index (χ1n) is 10.4. The van der Waals surface area contributed by atoms with Gasteiger partial charge in [0.25, 0.3) is 0 Å². The molecule has 2 atom stereocenters. The van der Waals surface area contributed by atoms with E-state index in [1.54, 1.807) is 12.1 Å². The van der Waals surface area contributed by atoms with Gasteiger partial charge in [-0.05, 0) is 57.3 Å². The van der Waals surface area contributed by atoms with Gasteiger partial charge in [0, 0.05) is 6.54 Å². The van der Waals surface area contributed by atoms with Crippen molar-refractivity contribution in [3.63, 3.8) is 0 Å². The van der Waals surface area contributed by atoms with E-state index in [-0.39, 0.29) is 18.1 Å². The number of rotatable bonds is 8. The van der Waals surface area contributed by atoms with Gasteiger partial charge in [0.05, 0.1) is 23.5 Å². The largest absolute Gasteiger partial charge is 0.456 e. The van der Waals surface area contributed by atoms with Crippen LogP contribution in [0.4, 0.5) is 0 Å². The summed E-state index contributed by atoms with van der Waals surface area (Å²) in [6.07, 6.45) is 7.05. The minimum absolute atomic E-state index is 0.0589. The number of benzene rings is 1. The summed E-state index contributed by atoms with van der Waals surface area (Å²) in [7, 11) is 2.12. The summed E-state index contributed by atoms with van der Waals surface area (Å²) in [5, 5.41) is 8.73. The number of carbonyl (C=O) groups is 1. The quantitative estimate of drug-likeness (QED) is 0.642. The number of aromatic nitrogens is 3. The Balaban J connectivity index is 1.62. The zero-order chi connectivity index (χ0) is 19.9. The summed E-state index contributed by atoms with van der Waals surface area (Å²) in [5.74, 6) is 0.437. The Kier molecular flexibility index (Phi) is 7.20. The molecule has 2 unspecified atom stereocenters. The zero-order valence-electron chi connectivity index (χ0n) is 17.3. The molecule has 0 amide bonds. The van der Waals surface area contributed by atoms with E-state index in [0.717, 1.165) is 44.5 Å². The van der Waals surface area contributed by atoms with Crippen molar-refractivity contribution in [1.29, 1.82) is 0 Å². The summed E-state index contributed by atoms with van der Waals surface area (Å²) in [4.78, 5) is 14.8. The van der Waals surface area contributed by atoms with Crippen LogP contribution in [0.5, 0.6) is 0 Å².